The highest BCUT2D eigenvalue weighted by Gasteiger charge is 2.09. The van der Waals surface area contributed by atoms with Gasteiger partial charge >= 0.3 is 0 Å². The molecule has 108 valence electrons. The smallest absolute Gasteiger partial charge is 0.0158 e. The molecule has 0 fully saturated rings. The van der Waals surface area contributed by atoms with Crippen molar-refractivity contribution < 1.29 is 0 Å². The van der Waals surface area contributed by atoms with Gasteiger partial charge in [0.05, 0.1) is 0 Å². The molecule has 2 unspecified atom stereocenters. The summed E-state index contributed by atoms with van der Waals surface area (Å²) in [6, 6.07) is 0.715. The molecular formula is C16H33NS. The van der Waals surface area contributed by atoms with Gasteiger partial charge in [0.2, 0.25) is 0 Å². The van der Waals surface area contributed by atoms with E-state index in [1.54, 1.807) is 0 Å². The van der Waals surface area contributed by atoms with Crippen molar-refractivity contribution in [2.75, 3.05) is 12.3 Å². The Morgan fingerprint density at radius 1 is 1.22 bits per heavy atom. The van der Waals surface area contributed by atoms with Gasteiger partial charge < -0.3 is 5.32 Å². The van der Waals surface area contributed by atoms with Crippen LogP contribution in [0.1, 0.15) is 65.7 Å². The summed E-state index contributed by atoms with van der Waals surface area (Å²) in [5, 5.41) is 4.50. The molecule has 0 aromatic rings. The second-order valence-electron chi connectivity index (χ2n) is 5.13. The normalized spacial score (nSPS) is 14.4. The number of thioether (sulfide) groups is 1. The van der Waals surface area contributed by atoms with E-state index in [1.807, 2.05) is 6.08 Å². The summed E-state index contributed by atoms with van der Waals surface area (Å²) in [5.74, 6) is 1.27. The molecule has 0 saturated carbocycles. The van der Waals surface area contributed by atoms with Gasteiger partial charge in [-0.05, 0) is 38.6 Å². The highest BCUT2D eigenvalue weighted by Crippen LogP contribution is 2.17. The van der Waals surface area contributed by atoms with E-state index >= 15 is 0 Å². The molecule has 0 amide bonds. The first-order valence-corrected chi connectivity index (χ1v) is 8.75. The highest BCUT2D eigenvalue weighted by molar-refractivity contribution is 7.99. The van der Waals surface area contributed by atoms with Crippen molar-refractivity contribution in [2.24, 2.45) is 0 Å². The van der Waals surface area contributed by atoms with Crippen LogP contribution >= 0.6 is 11.8 Å². The molecule has 2 heteroatoms. The number of unbranched alkanes of at least 4 members (excludes halogenated alkanes) is 3. The van der Waals surface area contributed by atoms with Crippen LogP contribution in [0.4, 0.5) is 0 Å². The quantitative estimate of drug-likeness (QED) is 0.373. The summed E-state index contributed by atoms with van der Waals surface area (Å²) in [6.45, 7) is 11.8. The fraction of sp³-hybridized carbons (Fsp3) is 0.875. The summed E-state index contributed by atoms with van der Waals surface area (Å²) >= 11 is 2.12. The maximum atomic E-state index is 3.78. The van der Waals surface area contributed by atoms with Gasteiger partial charge in [-0.2, -0.15) is 11.8 Å². The summed E-state index contributed by atoms with van der Waals surface area (Å²) in [5.41, 5.74) is 0. The van der Waals surface area contributed by atoms with E-state index in [0.29, 0.717) is 6.04 Å². The summed E-state index contributed by atoms with van der Waals surface area (Å²) < 4.78 is 0. The largest absolute Gasteiger partial charge is 0.313 e. The first-order valence-electron chi connectivity index (χ1n) is 7.70. The zero-order valence-corrected chi connectivity index (χ0v) is 13.5. The molecule has 0 aliphatic heterocycles. The molecule has 0 aliphatic rings. The van der Waals surface area contributed by atoms with Gasteiger partial charge in [0.15, 0.2) is 0 Å². The van der Waals surface area contributed by atoms with E-state index in [4.69, 9.17) is 0 Å². The van der Waals surface area contributed by atoms with Gasteiger partial charge in [0.25, 0.3) is 0 Å². The first-order chi connectivity index (χ1) is 8.74. The average molecular weight is 272 g/mol. The van der Waals surface area contributed by atoms with E-state index in [0.717, 1.165) is 5.25 Å². The predicted octanol–water partition coefficient (Wildman–Crippen LogP) is 5.02. The molecule has 0 radical (unpaired) electrons. The third-order valence-electron chi connectivity index (χ3n) is 3.30. The van der Waals surface area contributed by atoms with Crippen LogP contribution in [-0.2, 0) is 0 Å². The molecular weight excluding hydrogens is 238 g/mol. The van der Waals surface area contributed by atoms with Gasteiger partial charge in [-0.15, -0.1) is 6.58 Å². The van der Waals surface area contributed by atoms with E-state index in [-0.39, 0.29) is 0 Å². The fourth-order valence-corrected chi connectivity index (χ4v) is 2.93. The summed E-state index contributed by atoms with van der Waals surface area (Å²) in [4.78, 5) is 0. The van der Waals surface area contributed by atoms with Crippen molar-refractivity contribution in [3.05, 3.63) is 12.7 Å². The van der Waals surface area contributed by atoms with Gasteiger partial charge in [-0.25, -0.2) is 0 Å². The monoisotopic (exact) mass is 271 g/mol. The number of hydrogen-bond donors (Lipinski definition) is 1. The molecule has 0 spiro atoms. The Balaban J connectivity index is 3.72. The molecule has 0 aliphatic carbocycles. The number of hydrogen-bond acceptors (Lipinski definition) is 2. The topological polar surface area (TPSA) is 12.0 Å². The van der Waals surface area contributed by atoms with Crippen molar-refractivity contribution in [3.63, 3.8) is 0 Å². The second-order valence-corrected chi connectivity index (χ2v) is 6.60. The highest BCUT2D eigenvalue weighted by atomic mass is 32.2. The lowest BCUT2D eigenvalue weighted by molar-refractivity contribution is 0.490. The Morgan fingerprint density at radius 3 is 2.61 bits per heavy atom. The molecule has 0 heterocycles. The van der Waals surface area contributed by atoms with E-state index < -0.39 is 0 Å². The first kappa shape index (κ1) is 18.0. The molecule has 0 saturated heterocycles. The van der Waals surface area contributed by atoms with Crippen LogP contribution in [0.15, 0.2) is 12.7 Å². The third kappa shape index (κ3) is 11.2. The zero-order valence-electron chi connectivity index (χ0n) is 12.7. The molecule has 0 bridgehead atoms. The Labute approximate surface area is 119 Å². The van der Waals surface area contributed by atoms with Gasteiger partial charge in [0.1, 0.15) is 0 Å². The van der Waals surface area contributed by atoms with Crippen LogP contribution in [0.5, 0.6) is 0 Å². The van der Waals surface area contributed by atoms with Crippen LogP contribution in [0, 0.1) is 0 Å². The SMILES string of the molecule is C=CCCCCCC(CSC(C)CC)NCCC. The minimum absolute atomic E-state index is 0.715. The fourth-order valence-electron chi connectivity index (χ4n) is 1.85. The summed E-state index contributed by atoms with van der Waals surface area (Å²) in [6.07, 6.45) is 11.1. The molecule has 1 nitrogen and oxygen atoms in total. The van der Waals surface area contributed by atoms with Crippen molar-refractivity contribution in [1.29, 1.82) is 0 Å². The zero-order chi connectivity index (χ0) is 13.6. The van der Waals surface area contributed by atoms with Crippen LogP contribution in [-0.4, -0.2) is 23.6 Å². The maximum Gasteiger partial charge on any atom is 0.0158 e. The second kappa shape index (κ2) is 13.5. The third-order valence-corrected chi connectivity index (χ3v) is 4.80. The van der Waals surface area contributed by atoms with E-state index in [9.17, 15) is 0 Å². The predicted molar refractivity (Wildman–Crippen MR) is 87.6 cm³/mol. The van der Waals surface area contributed by atoms with Gasteiger partial charge in [-0.3, -0.25) is 0 Å². The Hall–Kier alpha value is 0.0500. The molecule has 18 heavy (non-hydrogen) atoms. The van der Waals surface area contributed by atoms with Crippen LogP contribution in [0.25, 0.3) is 0 Å². The summed E-state index contributed by atoms with van der Waals surface area (Å²) in [7, 11) is 0. The lowest BCUT2D eigenvalue weighted by Gasteiger charge is -2.20. The van der Waals surface area contributed by atoms with Gasteiger partial charge in [0, 0.05) is 17.0 Å². The van der Waals surface area contributed by atoms with Crippen molar-refractivity contribution in [3.8, 4) is 0 Å². The Kier molecular flexibility index (Phi) is 13.5. The van der Waals surface area contributed by atoms with Crippen LogP contribution < -0.4 is 5.32 Å². The number of allylic oxidation sites excluding steroid dienone is 1. The number of rotatable bonds is 13. The standard InChI is InChI=1S/C16H33NS/c1-5-8-9-10-11-12-16(17-13-6-2)14-18-15(4)7-3/h5,15-17H,1,6-14H2,2-4H3. The van der Waals surface area contributed by atoms with Crippen LogP contribution in [0.2, 0.25) is 0 Å². The molecule has 0 aromatic carbocycles. The van der Waals surface area contributed by atoms with Crippen molar-refractivity contribution in [2.45, 2.75) is 77.0 Å². The Bertz CT molecular complexity index is 182. The maximum absolute atomic E-state index is 3.78. The minimum Gasteiger partial charge on any atom is -0.313 e. The molecule has 0 rings (SSSR count). The Morgan fingerprint density at radius 2 is 2.00 bits per heavy atom. The molecule has 1 N–H and O–H groups in total. The molecule has 2 atom stereocenters. The average Bonchev–Trinajstić information content (AvgIpc) is 2.40. The van der Waals surface area contributed by atoms with Crippen LogP contribution in [0.3, 0.4) is 0 Å². The van der Waals surface area contributed by atoms with E-state index in [1.165, 1.54) is 57.2 Å². The van der Waals surface area contributed by atoms with Crippen molar-refractivity contribution in [1.82, 2.24) is 5.32 Å². The molecule has 0 aromatic heterocycles. The lowest BCUT2D eigenvalue weighted by Crippen LogP contribution is -2.32. The minimum atomic E-state index is 0.715. The van der Waals surface area contributed by atoms with Gasteiger partial charge in [-0.1, -0.05) is 39.7 Å². The van der Waals surface area contributed by atoms with E-state index in [2.05, 4.69) is 44.4 Å². The lowest BCUT2D eigenvalue weighted by atomic mass is 10.1. The van der Waals surface area contributed by atoms with Crippen molar-refractivity contribution >= 4 is 11.8 Å². The number of nitrogens with one attached hydrogen (secondary N) is 1.